The minimum atomic E-state index is -6.66. The SMILES string of the molecule is CCC(C)(C)C(F)(F)C1OC(F)(C(F)(F)F)C(F)(C(F)(F)F)OCC1(C)C. The maximum Gasteiger partial charge on any atom is 0.455 e. The molecule has 162 valence electrons. The third-order valence-electron chi connectivity index (χ3n) is 4.89. The van der Waals surface area contributed by atoms with E-state index in [0.29, 0.717) is 0 Å². The first-order valence-electron chi connectivity index (χ1n) is 7.81. The van der Waals surface area contributed by atoms with Gasteiger partial charge in [-0.25, -0.2) is 8.78 Å². The lowest BCUT2D eigenvalue weighted by Gasteiger charge is -2.46. The minimum Gasteiger partial charge on any atom is -0.334 e. The van der Waals surface area contributed by atoms with Gasteiger partial charge in [-0.15, -0.1) is 0 Å². The molecule has 0 bridgehead atoms. The van der Waals surface area contributed by atoms with Gasteiger partial charge in [-0.1, -0.05) is 34.6 Å². The smallest absolute Gasteiger partial charge is 0.334 e. The maximum absolute atomic E-state index is 14.9. The second-order valence-corrected chi connectivity index (χ2v) is 7.82. The Hall–Kier alpha value is -0.780. The number of rotatable bonds is 3. The second-order valence-electron chi connectivity index (χ2n) is 7.82. The van der Waals surface area contributed by atoms with Gasteiger partial charge < -0.3 is 9.47 Å². The number of alkyl halides is 10. The van der Waals surface area contributed by atoms with E-state index in [-0.39, 0.29) is 6.42 Å². The molecule has 0 spiro atoms. The summed E-state index contributed by atoms with van der Waals surface area (Å²) in [6.45, 7) is 3.02. The summed E-state index contributed by atoms with van der Waals surface area (Å²) < 4.78 is 145. The van der Waals surface area contributed by atoms with Crippen molar-refractivity contribution < 1.29 is 53.4 Å². The summed E-state index contributed by atoms with van der Waals surface area (Å²) in [4.78, 5) is 0. The van der Waals surface area contributed by atoms with E-state index in [1.807, 2.05) is 0 Å². The Morgan fingerprint density at radius 2 is 1.26 bits per heavy atom. The molecular formula is C15H20F10O2. The van der Waals surface area contributed by atoms with Crippen molar-refractivity contribution in [2.24, 2.45) is 10.8 Å². The van der Waals surface area contributed by atoms with Crippen molar-refractivity contribution >= 4 is 0 Å². The van der Waals surface area contributed by atoms with E-state index >= 15 is 0 Å². The molecule has 3 unspecified atom stereocenters. The van der Waals surface area contributed by atoms with Crippen LogP contribution in [0.5, 0.6) is 0 Å². The van der Waals surface area contributed by atoms with Crippen molar-refractivity contribution in [1.29, 1.82) is 0 Å². The van der Waals surface area contributed by atoms with Crippen LogP contribution >= 0.6 is 0 Å². The zero-order valence-corrected chi connectivity index (χ0v) is 15.1. The minimum absolute atomic E-state index is 0.345. The number of ether oxygens (including phenoxy) is 2. The first-order valence-corrected chi connectivity index (χ1v) is 7.81. The molecule has 1 saturated heterocycles. The summed E-state index contributed by atoms with van der Waals surface area (Å²) in [6, 6.07) is 0. The Labute approximate surface area is 149 Å². The molecular weight excluding hydrogens is 402 g/mol. The predicted octanol–water partition coefficient (Wildman–Crippen LogP) is 5.96. The zero-order chi connectivity index (χ0) is 21.9. The monoisotopic (exact) mass is 422 g/mol. The highest BCUT2D eigenvalue weighted by Crippen LogP contribution is 2.59. The molecule has 1 aliphatic rings. The van der Waals surface area contributed by atoms with Crippen molar-refractivity contribution in [3.05, 3.63) is 0 Å². The topological polar surface area (TPSA) is 18.5 Å². The van der Waals surface area contributed by atoms with Crippen LogP contribution in [-0.2, 0) is 9.47 Å². The molecule has 12 heteroatoms. The lowest BCUT2D eigenvalue weighted by Crippen LogP contribution is -2.68. The molecule has 1 aliphatic heterocycles. The summed E-state index contributed by atoms with van der Waals surface area (Å²) >= 11 is 0. The van der Waals surface area contributed by atoms with Gasteiger partial charge in [0.1, 0.15) is 6.10 Å². The van der Waals surface area contributed by atoms with E-state index in [9.17, 15) is 43.9 Å². The number of hydrogen-bond donors (Lipinski definition) is 0. The Bertz CT molecular complexity index is 554. The third-order valence-corrected chi connectivity index (χ3v) is 4.89. The highest BCUT2D eigenvalue weighted by atomic mass is 19.4. The molecule has 0 aromatic rings. The van der Waals surface area contributed by atoms with Crippen molar-refractivity contribution in [1.82, 2.24) is 0 Å². The van der Waals surface area contributed by atoms with Crippen LogP contribution in [0.4, 0.5) is 43.9 Å². The summed E-state index contributed by atoms with van der Waals surface area (Å²) in [5.74, 6) is -16.5. The standard InChI is InChI=1S/C15H20F10O2/c1-6-10(4,5)11(16,17)8-9(2,3)7-26-12(18,14(20,21)22)13(19,27-8)15(23,24)25/h8H,6-7H2,1-5H3. The molecule has 0 saturated carbocycles. The molecule has 0 aliphatic carbocycles. The summed E-state index contributed by atoms with van der Waals surface area (Å²) in [7, 11) is 0. The molecule has 27 heavy (non-hydrogen) atoms. The van der Waals surface area contributed by atoms with Crippen LogP contribution < -0.4 is 0 Å². The van der Waals surface area contributed by atoms with Gasteiger partial charge in [0.2, 0.25) is 0 Å². The van der Waals surface area contributed by atoms with E-state index in [2.05, 4.69) is 9.47 Å². The molecule has 1 rings (SSSR count). The zero-order valence-electron chi connectivity index (χ0n) is 15.1. The molecule has 1 heterocycles. The van der Waals surface area contributed by atoms with E-state index in [0.717, 1.165) is 27.7 Å². The van der Waals surface area contributed by atoms with Gasteiger partial charge in [0.05, 0.1) is 6.61 Å². The molecule has 1 fully saturated rings. The number of hydrogen-bond acceptors (Lipinski definition) is 2. The molecule has 2 nitrogen and oxygen atoms in total. The van der Waals surface area contributed by atoms with Gasteiger partial charge in [0.15, 0.2) is 0 Å². The lowest BCUT2D eigenvalue weighted by molar-refractivity contribution is -0.481. The normalized spacial score (nSPS) is 33.7. The highest BCUT2D eigenvalue weighted by molar-refractivity contribution is 5.07. The van der Waals surface area contributed by atoms with Crippen LogP contribution in [0.15, 0.2) is 0 Å². The average molecular weight is 422 g/mol. The molecule has 0 aromatic carbocycles. The fourth-order valence-corrected chi connectivity index (χ4v) is 2.52. The van der Waals surface area contributed by atoms with Crippen LogP contribution in [0.1, 0.15) is 41.0 Å². The van der Waals surface area contributed by atoms with Gasteiger partial charge in [-0.05, 0) is 6.42 Å². The van der Waals surface area contributed by atoms with E-state index in [1.54, 1.807) is 0 Å². The number of halogens is 10. The van der Waals surface area contributed by atoms with Crippen molar-refractivity contribution in [2.45, 2.75) is 77.1 Å². The summed E-state index contributed by atoms with van der Waals surface area (Å²) in [5, 5.41) is 0. The van der Waals surface area contributed by atoms with Crippen LogP contribution in [0, 0.1) is 10.8 Å². The van der Waals surface area contributed by atoms with Crippen LogP contribution in [0.25, 0.3) is 0 Å². The van der Waals surface area contributed by atoms with Crippen molar-refractivity contribution in [3.63, 3.8) is 0 Å². The quantitative estimate of drug-likeness (QED) is 0.523. The van der Waals surface area contributed by atoms with Gasteiger partial charge >= 0.3 is 24.1 Å². The van der Waals surface area contributed by atoms with E-state index in [1.165, 1.54) is 6.92 Å². The average Bonchev–Trinajstić information content (AvgIpc) is 2.55. The first kappa shape index (κ1) is 24.3. The van der Waals surface area contributed by atoms with E-state index in [4.69, 9.17) is 0 Å². The van der Waals surface area contributed by atoms with Crippen LogP contribution in [0.3, 0.4) is 0 Å². The lowest BCUT2D eigenvalue weighted by atomic mass is 9.72. The summed E-state index contributed by atoms with van der Waals surface area (Å²) in [6.07, 6.45) is -16.6. The molecule has 3 atom stereocenters. The van der Waals surface area contributed by atoms with Gasteiger partial charge in [-0.2, -0.15) is 35.1 Å². The Morgan fingerprint density at radius 3 is 1.59 bits per heavy atom. The fraction of sp³-hybridized carbons (Fsp3) is 1.00. The van der Waals surface area contributed by atoms with Gasteiger partial charge in [0, 0.05) is 10.8 Å². The molecule has 0 aromatic heterocycles. The highest BCUT2D eigenvalue weighted by Gasteiger charge is 2.85. The van der Waals surface area contributed by atoms with Crippen molar-refractivity contribution in [3.8, 4) is 0 Å². The van der Waals surface area contributed by atoms with Gasteiger partial charge in [-0.3, -0.25) is 0 Å². The van der Waals surface area contributed by atoms with Gasteiger partial charge in [0.25, 0.3) is 5.92 Å². The molecule has 0 amide bonds. The second kappa shape index (κ2) is 6.36. The van der Waals surface area contributed by atoms with Crippen molar-refractivity contribution in [2.75, 3.05) is 6.61 Å². The Morgan fingerprint density at radius 1 is 0.852 bits per heavy atom. The fourth-order valence-electron chi connectivity index (χ4n) is 2.52. The maximum atomic E-state index is 14.9. The molecule has 0 radical (unpaired) electrons. The summed E-state index contributed by atoms with van der Waals surface area (Å²) in [5.41, 5.74) is -4.42. The Kier molecular flexibility index (Phi) is 5.72. The molecule has 0 N–H and O–H groups in total. The van der Waals surface area contributed by atoms with E-state index < -0.39 is 53.5 Å². The van der Waals surface area contributed by atoms with Crippen LogP contribution in [0.2, 0.25) is 0 Å². The third kappa shape index (κ3) is 3.51. The Balaban J connectivity index is 3.74. The predicted molar refractivity (Wildman–Crippen MR) is 73.4 cm³/mol. The first-order chi connectivity index (χ1) is 11.6. The largest absolute Gasteiger partial charge is 0.455 e. The van der Waals surface area contributed by atoms with Crippen LogP contribution in [-0.4, -0.2) is 42.7 Å².